The van der Waals surface area contributed by atoms with E-state index in [1.807, 2.05) is 29.2 Å². The number of carbonyl (C=O) groups excluding carboxylic acids is 1. The van der Waals surface area contributed by atoms with Gasteiger partial charge in [-0.05, 0) is 49.2 Å². The molecule has 1 aliphatic heterocycles. The Bertz CT molecular complexity index is 551. The highest BCUT2D eigenvalue weighted by Gasteiger charge is 2.21. The molecule has 1 amide bonds. The van der Waals surface area contributed by atoms with Crippen molar-refractivity contribution in [1.82, 2.24) is 10.2 Å². The van der Waals surface area contributed by atoms with Crippen molar-refractivity contribution in [2.75, 3.05) is 25.0 Å². The molecule has 2 rings (SSSR count). The Morgan fingerprint density at radius 2 is 2.18 bits per heavy atom. The van der Waals surface area contributed by atoms with Crippen LogP contribution in [-0.2, 0) is 0 Å². The van der Waals surface area contributed by atoms with Gasteiger partial charge in [-0.2, -0.15) is 0 Å². The molecule has 22 heavy (non-hydrogen) atoms. The molecule has 0 spiro atoms. The summed E-state index contributed by atoms with van der Waals surface area (Å²) in [6.45, 7) is 8.17. The van der Waals surface area contributed by atoms with Gasteiger partial charge in [0.25, 0.3) is 5.91 Å². The summed E-state index contributed by atoms with van der Waals surface area (Å²) in [7, 11) is 0. The van der Waals surface area contributed by atoms with Crippen LogP contribution >= 0.6 is 12.2 Å². The standard InChI is InChI=1S/C17H23N3OS/c1-3-9-18-17(22)19-15-6-4-5-14(12-15)16(21)20-10-7-13(2)8-11-20/h3-6,12-13H,1,7-11H2,2H3,(H2,18,19,22). The van der Waals surface area contributed by atoms with Crippen LogP contribution < -0.4 is 10.6 Å². The number of piperidine rings is 1. The minimum absolute atomic E-state index is 0.0977. The maximum atomic E-state index is 12.6. The van der Waals surface area contributed by atoms with Gasteiger partial charge in [-0.3, -0.25) is 4.79 Å². The predicted molar refractivity (Wildman–Crippen MR) is 95.2 cm³/mol. The average molecular weight is 317 g/mol. The van der Waals surface area contributed by atoms with Crippen molar-refractivity contribution in [2.24, 2.45) is 5.92 Å². The third kappa shape index (κ3) is 4.56. The maximum absolute atomic E-state index is 12.6. The van der Waals surface area contributed by atoms with Gasteiger partial charge < -0.3 is 15.5 Å². The lowest BCUT2D eigenvalue weighted by Crippen LogP contribution is -2.37. The van der Waals surface area contributed by atoms with E-state index in [4.69, 9.17) is 12.2 Å². The molecule has 0 atom stereocenters. The Kier molecular flexibility index (Phi) is 5.95. The number of carbonyl (C=O) groups is 1. The summed E-state index contributed by atoms with van der Waals surface area (Å²) < 4.78 is 0. The van der Waals surface area contributed by atoms with E-state index in [0.29, 0.717) is 23.1 Å². The van der Waals surface area contributed by atoms with E-state index < -0.39 is 0 Å². The Hall–Kier alpha value is -1.88. The van der Waals surface area contributed by atoms with Crippen LogP contribution in [0.5, 0.6) is 0 Å². The number of hydrogen-bond donors (Lipinski definition) is 2. The second kappa shape index (κ2) is 7.94. The molecule has 4 nitrogen and oxygen atoms in total. The minimum Gasteiger partial charge on any atom is -0.359 e. The molecule has 1 heterocycles. The molecule has 1 fully saturated rings. The first kappa shape index (κ1) is 16.5. The molecule has 1 aromatic rings. The molecular weight excluding hydrogens is 294 g/mol. The average Bonchev–Trinajstić information content (AvgIpc) is 2.53. The maximum Gasteiger partial charge on any atom is 0.253 e. The number of thiocarbonyl (C=S) groups is 1. The molecule has 0 aromatic heterocycles. The van der Waals surface area contributed by atoms with E-state index in [0.717, 1.165) is 31.6 Å². The molecule has 1 saturated heterocycles. The van der Waals surface area contributed by atoms with Gasteiger partial charge in [-0.1, -0.05) is 19.1 Å². The van der Waals surface area contributed by atoms with E-state index in [9.17, 15) is 4.79 Å². The Balaban J connectivity index is 1.99. The highest BCUT2D eigenvalue weighted by atomic mass is 32.1. The fourth-order valence-electron chi connectivity index (χ4n) is 2.46. The summed E-state index contributed by atoms with van der Waals surface area (Å²) in [4.78, 5) is 14.5. The highest BCUT2D eigenvalue weighted by Crippen LogP contribution is 2.19. The number of rotatable bonds is 4. The molecule has 2 N–H and O–H groups in total. The molecule has 0 aliphatic carbocycles. The van der Waals surface area contributed by atoms with Gasteiger partial charge in [0.15, 0.2) is 5.11 Å². The van der Waals surface area contributed by atoms with Gasteiger partial charge in [0.2, 0.25) is 0 Å². The third-order valence-corrected chi connectivity index (χ3v) is 4.09. The van der Waals surface area contributed by atoms with Crippen LogP contribution in [0.15, 0.2) is 36.9 Å². The largest absolute Gasteiger partial charge is 0.359 e. The molecule has 0 radical (unpaired) electrons. The molecule has 0 saturated carbocycles. The zero-order chi connectivity index (χ0) is 15.9. The molecule has 0 unspecified atom stereocenters. The van der Waals surface area contributed by atoms with Crippen molar-refractivity contribution in [3.63, 3.8) is 0 Å². The van der Waals surface area contributed by atoms with Gasteiger partial charge in [0, 0.05) is 30.9 Å². The van der Waals surface area contributed by atoms with Gasteiger partial charge >= 0.3 is 0 Å². The zero-order valence-corrected chi connectivity index (χ0v) is 13.8. The Labute approximate surface area is 137 Å². The summed E-state index contributed by atoms with van der Waals surface area (Å²) >= 11 is 5.18. The monoisotopic (exact) mass is 317 g/mol. The highest BCUT2D eigenvalue weighted by molar-refractivity contribution is 7.80. The number of anilines is 1. The lowest BCUT2D eigenvalue weighted by atomic mass is 9.98. The zero-order valence-electron chi connectivity index (χ0n) is 13.0. The molecule has 118 valence electrons. The third-order valence-electron chi connectivity index (χ3n) is 3.85. The van der Waals surface area contributed by atoms with Gasteiger partial charge in [-0.25, -0.2) is 0 Å². The first-order chi connectivity index (χ1) is 10.6. The molecule has 5 heteroatoms. The van der Waals surface area contributed by atoms with Gasteiger partial charge in [0.1, 0.15) is 0 Å². The van der Waals surface area contributed by atoms with E-state index in [-0.39, 0.29) is 5.91 Å². The van der Waals surface area contributed by atoms with Crippen molar-refractivity contribution in [1.29, 1.82) is 0 Å². The van der Waals surface area contributed by atoms with Crippen molar-refractivity contribution in [3.8, 4) is 0 Å². The van der Waals surface area contributed by atoms with Crippen LogP contribution in [0.25, 0.3) is 0 Å². The fraction of sp³-hybridized carbons (Fsp3) is 0.412. The Morgan fingerprint density at radius 1 is 1.45 bits per heavy atom. The van der Waals surface area contributed by atoms with Crippen LogP contribution in [0.2, 0.25) is 0 Å². The normalized spacial score (nSPS) is 15.2. The predicted octanol–water partition coefficient (Wildman–Crippen LogP) is 3.03. The second-order valence-corrected chi connectivity index (χ2v) is 6.09. The topological polar surface area (TPSA) is 44.4 Å². The second-order valence-electron chi connectivity index (χ2n) is 5.68. The van der Waals surface area contributed by atoms with Crippen LogP contribution in [0.1, 0.15) is 30.1 Å². The van der Waals surface area contributed by atoms with E-state index in [1.54, 1.807) is 6.08 Å². The van der Waals surface area contributed by atoms with Crippen molar-refractivity contribution < 1.29 is 4.79 Å². The summed E-state index contributed by atoms with van der Waals surface area (Å²) in [5.74, 6) is 0.811. The number of nitrogens with zero attached hydrogens (tertiary/aromatic N) is 1. The number of hydrogen-bond acceptors (Lipinski definition) is 2. The summed E-state index contributed by atoms with van der Waals surface area (Å²) in [5, 5.41) is 6.61. The first-order valence-corrected chi connectivity index (χ1v) is 8.06. The van der Waals surface area contributed by atoms with Gasteiger partial charge in [0.05, 0.1) is 0 Å². The lowest BCUT2D eigenvalue weighted by Gasteiger charge is -2.30. The number of nitrogens with one attached hydrogen (secondary N) is 2. The lowest BCUT2D eigenvalue weighted by molar-refractivity contribution is 0.0697. The van der Waals surface area contributed by atoms with E-state index in [1.165, 1.54) is 0 Å². The van der Waals surface area contributed by atoms with E-state index >= 15 is 0 Å². The molecule has 1 aliphatic rings. The summed E-state index contributed by atoms with van der Waals surface area (Å²) in [5.41, 5.74) is 1.52. The smallest absolute Gasteiger partial charge is 0.253 e. The van der Waals surface area contributed by atoms with Crippen LogP contribution in [0.3, 0.4) is 0 Å². The molecular formula is C17H23N3OS. The number of likely N-dealkylation sites (tertiary alicyclic amines) is 1. The molecule has 0 bridgehead atoms. The van der Waals surface area contributed by atoms with Crippen molar-refractivity contribution in [3.05, 3.63) is 42.5 Å². The number of amides is 1. The molecule has 1 aromatic carbocycles. The number of benzene rings is 1. The van der Waals surface area contributed by atoms with E-state index in [2.05, 4.69) is 24.1 Å². The first-order valence-electron chi connectivity index (χ1n) is 7.65. The van der Waals surface area contributed by atoms with Crippen LogP contribution in [0, 0.1) is 5.92 Å². The minimum atomic E-state index is 0.0977. The Morgan fingerprint density at radius 3 is 2.86 bits per heavy atom. The van der Waals surface area contributed by atoms with Crippen LogP contribution in [0.4, 0.5) is 5.69 Å². The fourth-order valence-corrected chi connectivity index (χ4v) is 2.67. The quantitative estimate of drug-likeness (QED) is 0.662. The summed E-state index contributed by atoms with van der Waals surface area (Å²) in [6, 6.07) is 7.48. The van der Waals surface area contributed by atoms with Crippen molar-refractivity contribution >= 4 is 28.9 Å². The van der Waals surface area contributed by atoms with Crippen molar-refractivity contribution in [2.45, 2.75) is 19.8 Å². The SMILES string of the molecule is C=CCNC(=S)Nc1cccc(C(=O)N2CCC(C)CC2)c1. The van der Waals surface area contributed by atoms with Crippen LogP contribution in [-0.4, -0.2) is 35.6 Å². The summed E-state index contributed by atoms with van der Waals surface area (Å²) in [6.07, 6.45) is 3.91. The van der Waals surface area contributed by atoms with Gasteiger partial charge in [-0.15, -0.1) is 6.58 Å².